The van der Waals surface area contributed by atoms with Gasteiger partial charge in [-0.15, -0.1) is 22.7 Å². The summed E-state index contributed by atoms with van der Waals surface area (Å²) >= 11 is 2.78. The molecule has 2 N–H and O–H groups in total. The third kappa shape index (κ3) is 4.47. The summed E-state index contributed by atoms with van der Waals surface area (Å²) in [6, 6.07) is 17.6. The van der Waals surface area contributed by atoms with Crippen LogP contribution in [0.5, 0.6) is 0 Å². The van der Waals surface area contributed by atoms with Crippen LogP contribution in [-0.2, 0) is 15.1 Å². The molecule has 0 spiro atoms. The number of carbonyl (C=O) groups excluding carboxylic acids is 1. The molecule has 1 atom stereocenters. The van der Waals surface area contributed by atoms with Gasteiger partial charge in [0.05, 0.1) is 29.4 Å². The van der Waals surface area contributed by atoms with Crippen LogP contribution in [0.1, 0.15) is 35.4 Å². The summed E-state index contributed by atoms with van der Waals surface area (Å²) in [7, 11) is 0. The summed E-state index contributed by atoms with van der Waals surface area (Å²) in [6.45, 7) is 3.96. The van der Waals surface area contributed by atoms with Gasteiger partial charge in [-0.2, -0.15) is 0 Å². The number of nitrogens with zero attached hydrogens (tertiary/aromatic N) is 1. The number of anilines is 1. The summed E-state index contributed by atoms with van der Waals surface area (Å²) in [5.74, 6) is 0.0756. The zero-order valence-corrected chi connectivity index (χ0v) is 20.3. The van der Waals surface area contributed by atoms with E-state index >= 15 is 0 Å². The molecule has 0 unspecified atom stereocenters. The van der Waals surface area contributed by atoms with Gasteiger partial charge in [-0.3, -0.25) is 4.48 Å². The first kappa shape index (κ1) is 22.6. The highest BCUT2D eigenvalue weighted by Gasteiger charge is 2.52. The van der Waals surface area contributed by atoms with Crippen LogP contribution in [-0.4, -0.2) is 48.0 Å². The van der Waals surface area contributed by atoms with E-state index in [1.165, 1.54) is 35.5 Å². The molecule has 3 fully saturated rings. The van der Waals surface area contributed by atoms with Crippen molar-refractivity contribution in [2.75, 3.05) is 31.5 Å². The number of ether oxygens (including phenoxy) is 1. The van der Waals surface area contributed by atoms with Crippen LogP contribution >= 0.6 is 22.7 Å². The standard InChI is InChI=1S/C26H31N2O3S2/c29-25(26(30,22-9-4-17-32-22)23-10-5-18-33-23)31-24-19-20-11-15-28(24,16-12-20)14-6-13-27-21-7-2-1-3-8-21/h1-5,7-10,17-18,20,24,27,30H,6,11-16,19H2/q+1/t20?,24-,28?/m1/s1. The van der Waals surface area contributed by atoms with Crippen LogP contribution in [0, 0.1) is 5.92 Å². The fourth-order valence-electron chi connectivity index (χ4n) is 5.38. The van der Waals surface area contributed by atoms with Gasteiger partial charge in [0.15, 0.2) is 0 Å². The number of rotatable bonds is 9. The maximum Gasteiger partial charge on any atom is 0.353 e. The first-order chi connectivity index (χ1) is 16.1. The van der Waals surface area contributed by atoms with Gasteiger partial charge in [0.25, 0.3) is 0 Å². The van der Waals surface area contributed by atoms with Crippen molar-refractivity contribution >= 4 is 34.3 Å². The highest BCUT2D eigenvalue weighted by molar-refractivity contribution is 7.12. The second-order valence-electron chi connectivity index (χ2n) is 9.24. The molecule has 2 aromatic heterocycles. The molecule has 3 aliphatic heterocycles. The van der Waals surface area contributed by atoms with E-state index in [0.717, 1.165) is 49.2 Å². The van der Waals surface area contributed by atoms with Gasteiger partial charge in [0, 0.05) is 37.9 Å². The van der Waals surface area contributed by atoms with Gasteiger partial charge in [0.2, 0.25) is 11.8 Å². The molecule has 3 aliphatic rings. The van der Waals surface area contributed by atoms with Crippen LogP contribution in [0.15, 0.2) is 65.4 Å². The quantitative estimate of drug-likeness (QED) is 0.254. The molecule has 2 bridgehead atoms. The van der Waals surface area contributed by atoms with Gasteiger partial charge in [-0.1, -0.05) is 30.3 Å². The Bertz CT molecular complexity index is 995. The Balaban J connectivity index is 1.30. The summed E-state index contributed by atoms with van der Waals surface area (Å²) < 4.78 is 7.06. The zero-order valence-electron chi connectivity index (χ0n) is 18.7. The number of hydrogen-bond acceptors (Lipinski definition) is 6. The minimum absolute atomic E-state index is 0.187. The summed E-state index contributed by atoms with van der Waals surface area (Å²) in [5, 5.41) is 18.9. The fraction of sp³-hybridized carbons (Fsp3) is 0.423. The molecule has 5 heterocycles. The van der Waals surface area contributed by atoms with Gasteiger partial charge < -0.3 is 15.2 Å². The Labute approximate surface area is 203 Å². The van der Waals surface area contributed by atoms with Gasteiger partial charge in [0.1, 0.15) is 0 Å². The smallest absolute Gasteiger partial charge is 0.353 e. The van der Waals surface area contributed by atoms with E-state index in [0.29, 0.717) is 15.7 Å². The largest absolute Gasteiger partial charge is 0.410 e. The molecule has 7 heteroatoms. The molecule has 0 aliphatic carbocycles. The topological polar surface area (TPSA) is 58.6 Å². The van der Waals surface area contributed by atoms with E-state index in [1.807, 2.05) is 53.2 Å². The summed E-state index contributed by atoms with van der Waals surface area (Å²) in [5.41, 5.74) is -0.603. The van der Waals surface area contributed by atoms with Crippen LogP contribution in [0.3, 0.4) is 0 Å². The molecule has 1 aromatic carbocycles. The number of piperidine rings is 3. The number of para-hydroxylation sites is 1. The Morgan fingerprint density at radius 3 is 2.30 bits per heavy atom. The van der Waals surface area contributed by atoms with E-state index in [9.17, 15) is 9.90 Å². The lowest BCUT2D eigenvalue weighted by Gasteiger charge is -2.53. The van der Waals surface area contributed by atoms with Crippen LogP contribution in [0.25, 0.3) is 0 Å². The fourth-order valence-corrected chi connectivity index (χ4v) is 7.09. The Kier molecular flexibility index (Phi) is 6.56. The van der Waals surface area contributed by atoms with Crippen LogP contribution < -0.4 is 5.32 Å². The molecular weight excluding hydrogens is 452 g/mol. The first-order valence-electron chi connectivity index (χ1n) is 11.8. The van der Waals surface area contributed by atoms with E-state index in [2.05, 4.69) is 17.4 Å². The van der Waals surface area contributed by atoms with E-state index in [1.54, 1.807) is 0 Å². The van der Waals surface area contributed by atoms with E-state index in [4.69, 9.17) is 4.74 Å². The Morgan fingerprint density at radius 2 is 1.70 bits per heavy atom. The van der Waals surface area contributed by atoms with Crippen molar-refractivity contribution in [3.8, 4) is 0 Å². The maximum atomic E-state index is 13.6. The highest BCUT2D eigenvalue weighted by atomic mass is 32.1. The van der Waals surface area contributed by atoms with Crippen molar-refractivity contribution in [3.63, 3.8) is 0 Å². The van der Waals surface area contributed by atoms with Gasteiger partial charge in [-0.05, 0) is 40.9 Å². The number of nitrogens with one attached hydrogen (secondary N) is 1. The monoisotopic (exact) mass is 483 g/mol. The highest BCUT2D eigenvalue weighted by Crippen LogP contribution is 2.42. The summed E-state index contributed by atoms with van der Waals surface area (Å²) in [4.78, 5) is 14.8. The molecule has 5 nitrogen and oxygen atoms in total. The van der Waals surface area contributed by atoms with Crippen LogP contribution in [0.4, 0.5) is 5.69 Å². The summed E-state index contributed by atoms with van der Waals surface area (Å²) in [6.07, 6.45) is 4.10. The van der Waals surface area contributed by atoms with Gasteiger partial charge >= 0.3 is 5.97 Å². The second-order valence-corrected chi connectivity index (χ2v) is 11.1. The van der Waals surface area contributed by atoms with E-state index < -0.39 is 11.6 Å². The lowest BCUT2D eigenvalue weighted by atomic mass is 9.84. The molecule has 0 saturated carbocycles. The minimum atomic E-state index is -1.74. The lowest BCUT2D eigenvalue weighted by Crippen LogP contribution is -2.66. The van der Waals surface area contributed by atoms with E-state index in [-0.39, 0.29) is 6.23 Å². The van der Waals surface area contributed by atoms with Crippen LogP contribution in [0.2, 0.25) is 0 Å². The third-order valence-corrected chi connectivity index (χ3v) is 9.25. The Morgan fingerprint density at radius 1 is 1.03 bits per heavy atom. The second kappa shape index (κ2) is 9.58. The molecule has 3 saturated heterocycles. The van der Waals surface area contributed by atoms with Crippen molar-refractivity contribution in [1.29, 1.82) is 0 Å². The molecule has 33 heavy (non-hydrogen) atoms. The number of fused-ring (bicyclic) bond motifs is 3. The number of aliphatic hydroxyl groups is 1. The Hall–Kier alpha value is -2.19. The first-order valence-corrected chi connectivity index (χ1v) is 13.5. The molecule has 0 radical (unpaired) electrons. The van der Waals surface area contributed by atoms with Crippen molar-refractivity contribution in [3.05, 3.63) is 75.1 Å². The van der Waals surface area contributed by atoms with Crippen molar-refractivity contribution in [1.82, 2.24) is 0 Å². The van der Waals surface area contributed by atoms with Crippen molar-refractivity contribution in [2.45, 2.75) is 37.5 Å². The number of esters is 1. The maximum absolute atomic E-state index is 13.6. The molecule has 3 aromatic rings. The average molecular weight is 484 g/mol. The number of quaternary nitrogens is 1. The number of carbonyl (C=O) groups is 1. The normalized spacial score (nSPS) is 24.5. The zero-order chi connectivity index (χ0) is 22.7. The molecule has 6 rings (SSSR count). The predicted molar refractivity (Wildman–Crippen MR) is 133 cm³/mol. The van der Waals surface area contributed by atoms with Crippen molar-refractivity contribution < 1.29 is 19.1 Å². The average Bonchev–Trinajstić information content (AvgIpc) is 3.58. The van der Waals surface area contributed by atoms with Crippen molar-refractivity contribution in [2.24, 2.45) is 5.92 Å². The minimum Gasteiger partial charge on any atom is -0.410 e. The lowest BCUT2D eigenvalue weighted by molar-refractivity contribution is -0.984. The predicted octanol–water partition coefficient (Wildman–Crippen LogP) is 5.05. The molecular formula is C26H31N2O3S2+. The molecule has 0 amide bonds. The number of thiophene rings is 2. The number of benzene rings is 1. The third-order valence-electron chi connectivity index (χ3n) is 7.29. The SMILES string of the molecule is O=C(O[C@@H]1CC2CC[N+]1(CCCNc1ccccc1)CC2)C(O)(c1cccs1)c1cccs1. The molecule has 174 valence electrons. The number of hydrogen-bond donors (Lipinski definition) is 2. The van der Waals surface area contributed by atoms with Gasteiger partial charge in [-0.25, -0.2) is 4.79 Å².